The number of nitrogens with one attached hydrogen (secondary N) is 2. The van der Waals surface area contributed by atoms with Crippen molar-refractivity contribution >= 4 is 27.6 Å². The maximum Gasteiger partial charge on any atom is 0.255 e. The molecule has 0 aliphatic heterocycles. The van der Waals surface area contributed by atoms with Gasteiger partial charge in [0.1, 0.15) is 5.75 Å². The van der Waals surface area contributed by atoms with Gasteiger partial charge < -0.3 is 9.72 Å². The van der Waals surface area contributed by atoms with Gasteiger partial charge in [0.2, 0.25) is 0 Å². The number of hydrogen-bond donors (Lipinski definition) is 3. The number of aromatic amines is 1. The lowest BCUT2D eigenvalue weighted by Crippen LogP contribution is -2.27. The molecule has 1 aromatic heterocycles. The highest BCUT2D eigenvalue weighted by Gasteiger charge is 2.29. The molecular weight excluding hydrogens is 400 g/mol. The molecule has 5 nitrogen and oxygen atoms in total. The van der Waals surface area contributed by atoms with Crippen molar-refractivity contribution in [1.82, 2.24) is 10.5 Å². The predicted molar refractivity (Wildman–Crippen MR) is 126 cm³/mol. The average molecular weight is 422 g/mol. The molecule has 5 rings (SSSR count). The number of rotatable bonds is 5. The van der Waals surface area contributed by atoms with Gasteiger partial charge in [-0.25, -0.2) is 5.48 Å². The van der Waals surface area contributed by atoms with E-state index in [4.69, 9.17) is 4.74 Å². The molecule has 0 saturated heterocycles. The molecular formula is C27H22N2O3. The molecule has 1 amide bonds. The van der Waals surface area contributed by atoms with E-state index in [2.05, 4.69) is 35.3 Å². The van der Waals surface area contributed by atoms with Crippen LogP contribution in [0.2, 0.25) is 0 Å². The van der Waals surface area contributed by atoms with Crippen LogP contribution in [0.1, 0.15) is 17.0 Å². The van der Waals surface area contributed by atoms with Crippen molar-refractivity contribution in [2.24, 2.45) is 0 Å². The largest absolute Gasteiger partial charge is 0.497 e. The Morgan fingerprint density at radius 2 is 1.62 bits per heavy atom. The van der Waals surface area contributed by atoms with Gasteiger partial charge in [0.05, 0.1) is 18.7 Å². The standard InChI is InChI=1S/C27H22N2O3/c1-32-21-14-12-18(13-15-21)24(27(30)29-31)25-22-8-4-5-9-23(22)28-26(25)20-11-10-17-6-2-3-7-19(17)16-20/h2-16,24,28,31H,1H3,(H,29,30). The molecule has 5 aromatic rings. The highest BCUT2D eigenvalue weighted by Crippen LogP contribution is 2.40. The molecule has 5 heteroatoms. The summed E-state index contributed by atoms with van der Waals surface area (Å²) in [7, 11) is 1.60. The number of fused-ring (bicyclic) bond motifs is 2. The van der Waals surface area contributed by atoms with Crippen LogP contribution in [0, 0.1) is 0 Å². The number of carbonyl (C=O) groups excluding carboxylic acids is 1. The fourth-order valence-corrected chi connectivity index (χ4v) is 4.35. The Morgan fingerprint density at radius 1 is 0.906 bits per heavy atom. The van der Waals surface area contributed by atoms with Crippen molar-refractivity contribution in [2.75, 3.05) is 7.11 Å². The van der Waals surface area contributed by atoms with E-state index in [1.807, 2.05) is 66.1 Å². The molecule has 0 bridgehead atoms. The molecule has 0 aliphatic carbocycles. The van der Waals surface area contributed by atoms with E-state index in [1.165, 1.54) is 0 Å². The van der Waals surface area contributed by atoms with E-state index >= 15 is 0 Å². The second-order valence-corrected chi connectivity index (χ2v) is 7.70. The smallest absolute Gasteiger partial charge is 0.255 e. The van der Waals surface area contributed by atoms with Gasteiger partial charge in [0, 0.05) is 16.5 Å². The molecule has 3 N–H and O–H groups in total. The molecule has 0 fully saturated rings. The summed E-state index contributed by atoms with van der Waals surface area (Å²) in [6.45, 7) is 0. The Bertz CT molecular complexity index is 1420. The Morgan fingerprint density at radius 3 is 2.38 bits per heavy atom. The first kappa shape index (κ1) is 19.8. The number of hydrogen-bond acceptors (Lipinski definition) is 3. The number of amides is 1. The molecule has 32 heavy (non-hydrogen) atoms. The maximum absolute atomic E-state index is 13.0. The van der Waals surface area contributed by atoms with Crippen LogP contribution in [0.4, 0.5) is 0 Å². The Kier molecular flexibility index (Phi) is 5.09. The van der Waals surface area contributed by atoms with Crippen LogP contribution >= 0.6 is 0 Å². The molecule has 0 spiro atoms. The molecule has 0 aliphatic rings. The third-order valence-corrected chi connectivity index (χ3v) is 5.89. The van der Waals surface area contributed by atoms with Gasteiger partial charge in [-0.3, -0.25) is 10.0 Å². The molecule has 1 heterocycles. The number of para-hydroxylation sites is 1. The van der Waals surface area contributed by atoms with Gasteiger partial charge >= 0.3 is 0 Å². The molecule has 0 saturated carbocycles. The van der Waals surface area contributed by atoms with E-state index in [9.17, 15) is 10.0 Å². The Labute approximate surface area is 185 Å². The lowest BCUT2D eigenvalue weighted by Gasteiger charge is -2.18. The number of H-pyrrole nitrogens is 1. The van der Waals surface area contributed by atoms with E-state index in [-0.39, 0.29) is 0 Å². The van der Waals surface area contributed by atoms with E-state index in [0.717, 1.165) is 44.1 Å². The predicted octanol–water partition coefficient (Wildman–Crippen LogP) is 5.63. The minimum atomic E-state index is -0.719. The van der Waals surface area contributed by atoms with Crippen molar-refractivity contribution in [3.63, 3.8) is 0 Å². The van der Waals surface area contributed by atoms with Crippen molar-refractivity contribution in [3.8, 4) is 17.0 Å². The SMILES string of the molecule is COc1ccc(C(C(=O)NO)c2c(-c3ccc4ccccc4c3)[nH]c3ccccc23)cc1. The summed E-state index contributed by atoms with van der Waals surface area (Å²) in [5, 5.41) is 12.8. The first-order chi connectivity index (χ1) is 15.7. The number of hydroxylamine groups is 1. The van der Waals surface area contributed by atoms with E-state index in [0.29, 0.717) is 5.75 Å². The summed E-state index contributed by atoms with van der Waals surface area (Å²) in [5.74, 6) is -0.518. The number of carbonyl (C=O) groups is 1. The first-order valence-electron chi connectivity index (χ1n) is 10.4. The van der Waals surface area contributed by atoms with Gasteiger partial charge in [0.25, 0.3) is 5.91 Å². The summed E-state index contributed by atoms with van der Waals surface area (Å²) in [5.41, 5.74) is 6.18. The molecule has 158 valence electrons. The van der Waals surface area contributed by atoms with Gasteiger partial charge in [-0.2, -0.15) is 0 Å². The fraction of sp³-hybridized carbons (Fsp3) is 0.0741. The van der Waals surface area contributed by atoms with Crippen molar-refractivity contribution in [3.05, 3.63) is 102 Å². The average Bonchev–Trinajstić information content (AvgIpc) is 3.23. The van der Waals surface area contributed by atoms with Crippen LogP contribution in [0.3, 0.4) is 0 Å². The summed E-state index contributed by atoms with van der Waals surface area (Å²) in [6.07, 6.45) is 0. The van der Waals surface area contributed by atoms with E-state index in [1.54, 1.807) is 7.11 Å². The fourth-order valence-electron chi connectivity index (χ4n) is 4.35. The molecule has 1 unspecified atom stereocenters. The Balaban J connectivity index is 1.77. The number of aromatic nitrogens is 1. The number of methoxy groups -OCH3 is 1. The summed E-state index contributed by atoms with van der Waals surface area (Å²) < 4.78 is 5.27. The van der Waals surface area contributed by atoms with Crippen LogP contribution in [-0.4, -0.2) is 23.2 Å². The lowest BCUT2D eigenvalue weighted by atomic mass is 9.86. The van der Waals surface area contributed by atoms with Crippen LogP contribution in [0.5, 0.6) is 5.75 Å². The summed E-state index contributed by atoms with van der Waals surface area (Å²) >= 11 is 0. The normalized spacial score (nSPS) is 12.1. The molecule has 0 radical (unpaired) electrons. The number of benzene rings is 4. The zero-order valence-electron chi connectivity index (χ0n) is 17.5. The second kappa shape index (κ2) is 8.21. The van der Waals surface area contributed by atoms with Crippen molar-refractivity contribution in [1.29, 1.82) is 0 Å². The summed E-state index contributed by atoms with van der Waals surface area (Å²) in [4.78, 5) is 16.5. The Hall–Kier alpha value is -4.09. The van der Waals surface area contributed by atoms with Gasteiger partial charge in [-0.05, 0) is 46.2 Å². The number of ether oxygens (including phenoxy) is 1. The van der Waals surface area contributed by atoms with Crippen molar-refractivity contribution < 1.29 is 14.7 Å². The zero-order valence-corrected chi connectivity index (χ0v) is 17.5. The topological polar surface area (TPSA) is 74.3 Å². The van der Waals surface area contributed by atoms with Gasteiger partial charge in [-0.1, -0.05) is 66.7 Å². The van der Waals surface area contributed by atoms with Gasteiger partial charge in [-0.15, -0.1) is 0 Å². The van der Waals surface area contributed by atoms with Crippen LogP contribution in [0.15, 0.2) is 91.0 Å². The maximum atomic E-state index is 13.0. The monoisotopic (exact) mass is 422 g/mol. The van der Waals surface area contributed by atoms with E-state index < -0.39 is 11.8 Å². The van der Waals surface area contributed by atoms with Crippen LogP contribution < -0.4 is 10.2 Å². The van der Waals surface area contributed by atoms with Crippen molar-refractivity contribution in [2.45, 2.75) is 5.92 Å². The first-order valence-corrected chi connectivity index (χ1v) is 10.4. The third-order valence-electron chi connectivity index (χ3n) is 5.89. The quantitative estimate of drug-likeness (QED) is 0.254. The zero-order chi connectivity index (χ0) is 22.1. The highest BCUT2D eigenvalue weighted by molar-refractivity contribution is 6.00. The van der Waals surface area contributed by atoms with Crippen LogP contribution in [0.25, 0.3) is 32.9 Å². The minimum absolute atomic E-state index is 0.498. The third kappa shape index (κ3) is 3.39. The summed E-state index contributed by atoms with van der Waals surface area (Å²) in [6, 6.07) is 29.7. The van der Waals surface area contributed by atoms with Gasteiger partial charge in [0.15, 0.2) is 0 Å². The highest BCUT2D eigenvalue weighted by atomic mass is 16.5. The lowest BCUT2D eigenvalue weighted by molar-refractivity contribution is -0.129. The molecule has 4 aromatic carbocycles. The minimum Gasteiger partial charge on any atom is -0.497 e. The van der Waals surface area contributed by atoms with Crippen LogP contribution in [-0.2, 0) is 4.79 Å². The second-order valence-electron chi connectivity index (χ2n) is 7.70. The molecule has 1 atom stereocenters.